The molecule has 0 saturated carbocycles. The highest BCUT2D eigenvalue weighted by atomic mass is 16.4. The molecule has 0 bridgehead atoms. The van der Waals surface area contributed by atoms with Crippen molar-refractivity contribution in [3.8, 4) is 0 Å². The second-order valence-electron chi connectivity index (χ2n) is 7.00. The highest BCUT2D eigenvalue weighted by Gasteiger charge is 2.33. The van der Waals surface area contributed by atoms with E-state index in [0.717, 1.165) is 32.2 Å². The van der Waals surface area contributed by atoms with Gasteiger partial charge in [-0.25, -0.2) is 4.79 Å². The molecule has 2 N–H and O–H groups in total. The molecular weight excluding hydrogens is 316 g/mol. The summed E-state index contributed by atoms with van der Waals surface area (Å²) >= 11 is 0. The number of amides is 2. The molecule has 1 fully saturated rings. The molecule has 132 valence electrons. The van der Waals surface area contributed by atoms with Crippen molar-refractivity contribution in [2.75, 3.05) is 6.54 Å². The van der Waals surface area contributed by atoms with Gasteiger partial charge in [0.25, 0.3) is 0 Å². The Bertz CT molecular complexity index is 728. The highest BCUT2D eigenvalue weighted by molar-refractivity contribution is 5.75. The van der Waals surface area contributed by atoms with E-state index in [1.54, 1.807) is 18.4 Å². The Labute approximate surface area is 147 Å². The SMILES string of the molecule is O=C(N[C@@H]1CCc2ccccc21)N1CCC[C@H]1C[C@H](O)c1ccco1. The van der Waals surface area contributed by atoms with Gasteiger partial charge in [0.05, 0.1) is 12.3 Å². The number of hydrogen-bond donors (Lipinski definition) is 2. The summed E-state index contributed by atoms with van der Waals surface area (Å²) in [4.78, 5) is 14.7. The van der Waals surface area contributed by atoms with Crippen LogP contribution in [0.25, 0.3) is 0 Å². The van der Waals surface area contributed by atoms with E-state index < -0.39 is 6.10 Å². The number of fused-ring (bicyclic) bond motifs is 1. The van der Waals surface area contributed by atoms with Crippen LogP contribution in [0.1, 0.15) is 54.7 Å². The first-order valence-corrected chi connectivity index (χ1v) is 9.09. The fourth-order valence-electron chi connectivity index (χ4n) is 4.14. The Morgan fingerprint density at radius 3 is 3.00 bits per heavy atom. The van der Waals surface area contributed by atoms with Crippen LogP contribution in [-0.2, 0) is 6.42 Å². The molecule has 1 aliphatic heterocycles. The predicted octanol–water partition coefficient (Wildman–Crippen LogP) is 3.56. The molecule has 0 spiro atoms. The molecule has 0 radical (unpaired) electrons. The summed E-state index contributed by atoms with van der Waals surface area (Å²) in [5.41, 5.74) is 2.57. The standard InChI is InChI=1S/C20H24N2O3/c23-18(19-8-4-12-25-19)13-15-6-3-11-22(15)20(24)21-17-10-9-14-5-1-2-7-16(14)17/h1-2,4-5,7-8,12,15,17-18,23H,3,6,9-11,13H2,(H,21,24)/t15-,17+,18-/m0/s1. The normalized spacial score (nSPS) is 23.5. The predicted molar refractivity (Wildman–Crippen MR) is 94.0 cm³/mol. The van der Waals surface area contributed by atoms with Crippen LogP contribution in [0, 0.1) is 0 Å². The lowest BCUT2D eigenvalue weighted by Gasteiger charge is -2.28. The Hall–Kier alpha value is -2.27. The maximum atomic E-state index is 12.8. The summed E-state index contributed by atoms with van der Waals surface area (Å²) in [6.07, 6.45) is 5.29. The first-order valence-electron chi connectivity index (χ1n) is 9.09. The molecule has 1 aromatic heterocycles. The second kappa shape index (κ2) is 6.92. The number of likely N-dealkylation sites (tertiary alicyclic amines) is 1. The Kier molecular flexibility index (Phi) is 4.49. The van der Waals surface area contributed by atoms with Crippen LogP contribution in [0.2, 0.25) is 0 Å². The number of nitrogens with zero attached hydrogens (tertiary/aromatic N) is 1. The molecule has 3 atom stereocenters. The molecule has 1 aliphatic carbocycles. The summed E-state index contributed by atoms with van der Waals surface area (Å²) in [6, 6.07) is 12.0. The lowest BCUT2D eigenvalue weighted by molar-refractivity contribution is 0.107. The van der Waals surface area contributed by atoms with E-state index in [1.165, 1.54) is 11.1 Å². The van der Waals surface area contributed by atoms with Crippen molar-refractivity contribution in [3.63, 3.8) is 0 Å². The van der Waals surface area contributed by atoms with Gasteiger partial charge in [-0.3, -0.25) is 0 Å². The zero-order valence-corrected chi connectivity index (χ0v) is 14.2. The molecule has 5 nitrogen and oxygen atoms in total. The van der Waals surface area contributed by atoms with Crippen LogP contribution in [0.3, 0.4) is 0 Å². The summed E-state index contributed by atoms with van der Waals surface area (Å²) in [6.45, 7) is 0.746. The smallest absolute Gasteiger partial charge is 0.318 e. The minimum Gasteiger partial charge on any atom is -0.467 e. The molecule has 1 saturated heterocycles. The van der Waals surface area contributed by atoms with Gasteiger partial charge in [-0.15, -0.1) is 0 Å². The van der Waals surface area contributed by atoms with Crippen molar-refractivity contribution in [3.05, 3.63) is 59.5 Å². The molecule has 2 heterocycles. The zero-order valence-electron chi connectivity index (χ0n) is 14.2. The molecule has 4 rings (SSSR count). The van der Waals surface area contributed by atoms with Crippen molar-refractivity contribution in [2.24, 2.45) is 0 Å². The number of benzene rings is 1. The van der Waals surface area contributed by atoms with Crippen molar-refractivity contribution >= 4 is 6.03 Å². The minimum absolute atomic E-state index is 0.0177. The maximum Gasteiger partial charge on any atom is 0.318 e. The van der Waals surface area contributed by atoms with E-state index in [4.69, 9.17) is 4.42 Å². The number of urea groups is 1. The maximum absolute atomic E-state index is 12.8. The number of nitrogens with one attached hydrogen (secondary N) is 1. The van der Waals surface area contributed by atoms with Crippen LogP contribution in [0.4, 0.5) is 4.79 Å². The second-order valence-corrected chi connectivity index (χ2v) is 7.00. The van der Waals surface area contributed by atoms with Gasteiger partial charge in [0.1, 0.15) is 11.9 Å². The number of hydrogen-bond acceptors (Lipinski definition) is 3. The molecule has 0 unspecified atom stereocenters. The van der Waals surface area contributed by atoms with Gasteiger partial charge in [-0.1, -0.05) is 24.3 Å². The van der Waals surface area contributed by atoms with Crippen molar-refractivity contribution in [1.82, 2.24) is 10.2 Å². The van der Waals surface area contributed by atoms with E-state index >= 15 is 0 Å². The van der Waals surface area contributed by atoms with Crippen LogP contribution >= 0.6 is 0 Å². The summed E-state index contributed by atoms with van der Waals surface area (Å²) in [7, 11) is 0. The number of carbonyl (C=O) groups is 1. The number of aryl methyl sites for hydroxylation is 1. The molecule has 2 aromatic rings. The number of aliphatic hydroxyl groups is 1. The number of furan rings is 1. The fraction of sp³-hybridized carbons (Fsp3) is 0.450. The summed E-state index contributed by atoms with van der Waals surface area (Å²) in [5.74, 6) is 0.567. The lowest BCUT2D eigenvalue weighted by atomic mass is 10.1. The number of aliphatic hydroxyl groups excluding tert-OH is 1. The zero-order chi connectivity index (χ0) is 17.2. The van der Waals surface area contributed by atoms with Gasteiger partial charge in [0.15, 0.2) is 0 Å². The molecule has 2 amide bonds. The van der Waals surface area contributed by atoms with Crippen LogP contribution in [0.15, 0.2) is 47.1 Å². The van der Waals surface area contributed by atoms with E-state index in [2.05, 4.69) is 23.5 Å². The third-order valence-corrected chi connectivity index (χ3v) is 5.44. The first-order chi connectivity index (χ1) is 12.2. The van der Waals surface area contributed by atoms with E-state index in [0.29, 0.717) is 12.2 Å². The van der Waals surface area contributed by atoms with Crippen LogP contribution in [-0.4, -0.2) is 28.6 Å². The van der Waals surface area contributed by atoms with Gasteiger partial charge in [-0.05, 0) is 48.9 Å². The molecule has 2 aliphatic rings. The van der Waals surface area contributed by atoms with E-state index in [9.17, 15) is 9.90 Å². The topological polar surface area (TPSA) is 65.7 Å². The summed E-state index contributed by atoms with van der Waals surface area (Å²) in [5, 5.41) is 13.5. The molecule has 25 heavy (non-hydrogen) atoms. The number of carbonyl (C=O) groups excluding carboxylic acids is 1. The molecular formula is C20H24N2O3. The van der Waals surface area contributed by atoms with Gasteiger partial charge in [0, 0.05) is 19.0 Å². The average molecular weight is 340 g/mol. The fourth-order valence-corrected chi connectivity index (χ4v) is 4.14. The van der Waals surface area contributed by atoms with Crippen molar-refractivity contribution < 1.29 is 14.3 Å². The summed E-state index contributed by atoms with van der Waals surface area (Å²) < 4.78 is 5.28. The van der Waals surface area contributed by atoms with Gasteiger partial charge in [0.2, 0.25) is 0 Å². The van der Waals surface area contributed by atoms with Crippen LogP contribution in [0.5, 0.6) is 0 Å². The third kappa shape index (κ3) is 3.29. The highest BCUT2D eigenvalue weighted by Crippen LogP contribution is 2.32. The molecule has 1 aromatic carbocycles. The quantitative estimate of drug-likeness (QED) is 0.894. The Morgan fingerprint density at radius 2 is 2.16 bits per heavy atom. The minimum atomic E-state index is -0.666. The Morgan fingerprint density at radius 1 is 1.28 bits per heavy atom. The third-order valence-electron chi connectivity index (χ3n) is 5.44. The van der Waals surface area contributed by atoms with Crippen molar-refractivity contribution in [2.45, 2.75) is 50.3 Å². The van der Waals surface area contributed by atoms with Crippen LogP contribution < -0.4 is 5.32 Å². The average Bonchev–Trinajstić information content (AvgIpc) is 3.36. The Balaban J connectivity index is 1.39. The van der Waals surface area contributed by atoms with Crippen molar-refractivity contribution in [1.29, 1.82) is 0 Å². The van der Waals surface area contributed by atoms with E-state index in [1.807, 2.05) is 11.0 Å². The largest absolute Gasteiger partial charge is 0.467 e. The monoisotopic (exact) mass is 340 g/mol. The van der Waals surface area contributed by atoms with Gasteiger partial charge < -0.3 is 19.7 Å². The first kappa shape index (κ1) is 16.2. The number of rotatable bonds is 4. The molecule has 5 heteroatoms. The van der Waals surface area contributed by atoms with Gasteiger partial charge >= 0.3 is 6.03 Å². The lowest BCUT2D eigenvalue weighted by Crippen LogP contribution is -2.44. The van der Waals surface area contributed by atoms with Gasteiger partial charge in [-0.2, -0.15) is 0 Å². The van der Waals surface area contributed by atoms with E-state index in [-0.39, 0.29) is 18.1 Å².